The Morgan fingerprint density at radius 3 is 2.17 bits per heavy atom. The van der Waals surface area contributed by atoms with Crippen LogP contribution in [-0.2, 0) is 4.79 Å². The number of methoxy groups -OCH3 is 1. The highest BCUT2D eigenvalue weighted by Gasteiger charge is 2.14. The number of carbonyl (C=O) groups is 2. The van der Waals surface area contributed by atoms with Gasteiger partial charge in [0.15, 0.2) is 0 Å². The standard InChI is InChI=1S/C23H28N2O4/c1-5-24-23(27)21(14-17-6-10-19(28-4)11-7-17)25-22(26)18-8-12-20(13-9-18)29-15-16(2)3/h6-14,16H,5,15H2,1-4H3,(H,24,27)(H,25,26). The molecule has 0 saturated carbocycles. The van der Waals surface area contributed by atoms with E-state index in [-0.39, 0.29) is 17.5 Å². The maximum absolute atomic E-state index is 12.6. The van der Waals surface area contributed by atoms with Gasteiger partial charge in [-0.15, -0.1) is 0 Å². The molecule has 0 aromatic heterocycles. The van der Waals surface area contributed by atoms with Crippen LogP contribution in [0, 0.1) is 5.92 Å². The lowest BCUT2D eigenvalue weighted by Crippen LogP contribution is -2.34. The summed E-state index contributed by atoms with van der Waals surface area (Å²) >= 11 is 0. The number of amides is 2. The second kappa shape index (κ2) is 10.9. The van der Waals surface area contributed by atoms with Gasteiger partial charge in [0.1, 0.15) is 17.2 Å². The molecule has 2 N–H and O–H groups in total. The van der Waals surface area contributed by atoms with E-state index in [1.807, 2.05) is 19.1 Å². The fourth-order valence-corrected chi connectivity index (χ4v) is 2.44. The molecule has 29 heavy (non-hydrogen) atoms. The predicted octanol–water partition coefficient (Wildman–Crippen LogP) is 3.64. The van der Waals surface area contributed by atoms with E-state index >= 15 is 0 Å². The Morgan fingerprint density at radius 1 is 1.00 bits per heavy atom. The smallest absolute Gasteiger partial charge is 0.267 e. The average Bonchev–Trinajstić information content (AvgIpc) is 2.72. The Kier molecular flexibility index (Phi) is 8.27. The van der Waals surface area contributed by atoms with Gasteiger partial charge >= 0.3 is 0 Å². The van der Waals surface area contributed by atoms with Gasteiger partial charge in [0, 0.05) is 12.1 Å². The van der Waals surface area contributed by atoms with Crippen molar-refractivity contribution in [3.8, 4) is 11.5 Å². The van der Waals surface area contributed by atoms with Crippen molar-refractivity contribution in [2.75, 3.05) is 20.3 Å². The highest BCUT2D eigenvalue weighted by molar-refractivity contribution is 6.05. The summed E-state index contributed by atoms with van der Waals surface area (Å²) in [5.41, 5.74) is 1.37. The summed E-state index contributed by atoms with van der Waals surface area (Å²) < 4.78 is 10.8. The number of benzene rings is 2. The first-order chi connectivity index (χ1) is 13.9. The molecule has 0 spiro atoms. The molecule has 0 heterocycles. The highest BCUT2D eigenvalue weighted by Crippen LogP contribution is 2.15. The summed E-state index contributed by atoms with van der Waals surface area (Å²) in [5.74, 6) is 1.11. The molecule has 0 unspecified atom stereocenters. The molecule has 2 aromatic rings. The van der Waals surface area contributed by atoms with Crippen LogP contribution in [0.5, 0.6) is 11.5 Å². The molecule has 2 rings (SSSR count). The number of rotatable bonds is 9. The first-order valence-electron chi connectivity index (χ1n) is 9.61. The van der Waals surface area contributed by atoms with E-state index in [1.54, 1.807) is 49.6 Å². The van der Waals surface area contributed by atoms with Crippen molar-refractivity contribution in [1.82, 2.24) is 10.6 Å². The van der Waals surface area contributed by atoms with E-state index in [2.05, 4.69) is 24.5 Å². The van der Waals surface area contributed by atoms with E-state index < -0.39 is 0 Å². The van der Waals surface area contributed by atoms with Crippen LogP contribution in [0.1, 0.15) is 36.7 Å². The Hall–Kier alpha value is -3.28. The minimum atomic E-state index is -0.369. The summed E-state index contributed by atoms with van der Waals surface area (Å²) in [4.78, 5) is 25.0. The molecule has 0 aliphatic rings. The molecule has 0 radical (unpaired) electrons. The first kappa shape index (κ1) is 22.0. The number of ether oxygens (including phenoxy) is 2. The van der Waals surface area contributed by atoms with Crippen molar-refractivity contribution < 1.29 is 19.1 Å². The summed E-state index contributed by atoms with van der Waals surface area (Å²) in [6.07, 6.45) is 1.63. The monoisotopic (exact) mass is 396 g/mol. The van der Waals surface area contributed by atoms with Gasteiger partial charge in [-0.25, -0.2) is 0 Å². The Labute approximate surface area is 171 Å². The van der Waals surface area contributed by atoms with Crippen molar-refractivity contribution in [1.29, 1.82) is 0 Å². The molecular formula is C23H28N2O4. The summed E-state index contributed by atoms with van der Waals surface area (Å²) in [6.45, 7) is 7.02. The molecule has 0 saturated heterocycles. The maximum atomic E-state index is 12.6. The van der Waals surface area contributed by atoms with Crippen molar-refractivity contribution in [2.24, 2.45) is 5.92 Å². The SMILES string of the molecule is CCNC(=O)C(=Cc1ccc(OC)cc1)NC(=O)c1ccc(OCC(C)C)cc1. The number of hydrogen-bond acceptors (Lipinski definition) is 4. The zero-order chi connectivity index (χ0) is 21.2. The van der Waals surface area contributed by atoms with Gasteiger partial charge in [-0.2, -0.15) is 0 Å². The number of likely N-dealkylation sites (N-methyl/N-ethyl adjacent to an activating group) is 1. The van der Waals surface area contributed by atoms with Crippen molar-refractivity contribution in [3.05, 3.63) is 65.4 Å². The molecule has 0 aliphatic carbocycles. The number of nitrogens with one attached hydrogen (secondary N) is 2. The quantitative estimate of drug-likeness (QED) is 0.635. The van der Waals surface area contributed by atoms with Gasteiger partial charge in [-0.3, -0.25) is 9.59 Å². The van der Waals surface area contributed by atoms with Gasteiger partial charge in [0.05, 0.1) is 13.7 Å². The van der Waals surface area contributed by atoms with Crippen LogP contribution in [0.2, 0.25) is 0 Å². The van der Waals surface area contributed by atoms with Crippen LogP contribution in [0.3, 0.4) is 0 Å². The zero-order valence-electron chi connectivity index (χ0n) is 17.3. The number of carbonyl (C=O) groups excluding carboxylic acids is 2. The van der Waals surface area contributed by atoms with Crippen LogP contribution >= 0.6 is 0 Å². The average molecular weight is 396 g/mol. The Morgan fingerprint density at radius 2 is 1.62 bits per heavy atom. The van der Waals surface area contributed by atoms with Gasteiger partial charge in [-0.05, 0) is 60.9 Å². The lowest BCUT2D eigenvalue weighted by molar-refractivity contribution is -0.117. The molecular weight excluding hydrogens is 368 g/mol. The van der Waals surface area contributed by atoms with Gasteiger partial charge < -0.3 is 20.1 Å². The third-order valence-corrected chi connectivity index (χ3v) is 3.96. The topological polar surface area (TPSA) is 76.7 Å². The van der Waals surface area contributed by atoms with Crippen LogP contribution in [-0.4, -0.2) is 32.1 Å². The number of hydrogen-bond donors (Lipinski definition) is 2. The molecule has 154 valence electrons. The van der Waals surface area contributed by atoms with Crippen LogP contribution in [0.25, 0.3) is 6.08 Å². The summed E-state index contributed by atoms with van der Waals surface area (Å²) in [6, 6.07) is 14.0. The largest absolute Gasteiger partial charge is 0.497 e. The lowest BCUT2D eigenvalue weighted by atomic mass is 10.1. The van der Waals surface area contributed by atoms with E-state index in [1.165, 1.54) is 0 Å². The highest BCUT2D eigenvalue weighted by atomic mass is 16.5. The fourth-order valence-electron chi connectivity index (χ4n) is 2.44. The van der Waals surface area contributed by atoms with E-state index in [0.29, 0.717) is 36.1 Å². The molecule has 2 aromatic carbocycles. The van der Waals surface area contributed by atoms with Crippen molar-refractivity contribution in [3.63, 3.8) is 0 Å². The van der Waals surface area contributed by atoms with Gasteiger partial charge in [0.2, 0.25) is 0 Å². The predicted molar refractivity (Wildman–Crippen MR) is 114 cm³/mol. The van der Waals surface area contributed by atoms with E-state index in [4.69, 9.17) is 9.47 Å². The van der Waals surface area contributed by atoms with E-state index in [0.717, 1.165) is 5.56 Å². The molecule has 0 atom stereocenters. The Balaban J connectivity index is 2.16. The van der Waals surface area contributed by atoms with Gasteiger partial charge in [-0.1, -0.05) is 26.0 Å². The third-order valence-electron chi connectivity index (χ3n) is 3.96. The molecule has 6 nitrogen and oxygen atoms in total. The zero-order valence-corrected chi connectivity index (χ0v) is 17.3. The lowest BCUT2D eigenvalue weighted by Gasteiger charge is -2.12. The van der Waals surface area contributed by atoms with Crippen LogP contribution in [0.4, 0.5) is 0 Å². The normalized spacial score (nSPS) is 11.1. The fraction of sp³-hybridized carbons (Fsp3) is 0.304. The minimum absolute atomic E-state index is 0.169. The molecule has 2 amide bonds. The Bertz CT molecular complexity index is 840. The summed E-state index contributed by atoms with van der Waals surface area (Å²) in [7, 11) is 1.59. The molecule has 6 heteroatoms. The summed E-state index contributed by atoms with van der Waals surface area (Å²) in [5, 5.41) is 5.42. The van der Waals surface area contributed by atoms with Gasteiger partial charge in [0.25, 0.3) is 11.8 Å². The second-order valence-corrected chi connectivity index (χ2v) is 6.87. The maximum Gasteiger partial charge on any atom is 0.267 e. The first-order valence-corrected chi connectivity index (χ1v) is 9.61. The second-order valence-electron chi connectivity index (χ2n) is 6.87. The minimum Gasteiger partial charge on any atom is -0.497 e. The van der Waals surface area contributed by atoms with Crippen molar-refractivity contribution >= 4 is 17.9 Å². The van der Waals surface area contributed by atoms with Crippen molar-refractivity contribution in [2.45, 2.75) is 20.8 Å². The van der Waals surface area contributed by atoms with E-state index in [9.17, 15) is 9.59 Å². The molecule has 0 aliphatic heterocycles. The molecule has 0 bridgehead atoms. The van der Waals surface area contributed by atoms with Crippen LogP contribution in [0.15, 0.2) is 54.2 Å². The third kappa shape index (κ3) is 6.99. The van der Waals surface area contributed by atoms with Crippen LogP contribution < -0.4 is 20.1 Å². The molecule has 0 fully saturated rings.